The first-order valence-corrected chi connectivity index (χ1v) is 11.4. The first-order valence-electron chi connectivity index (χ1n) is 11.4. The van der Waals surface area contributed by atoms with Crippen LogP contribution in [0.25, 0.3) is 11.4 Å². The van der Waals surface area contributed by atoms with Gasteiger partial charge in [-0.25, -0.2) is 0 Å². The lowest BCUT2D eigenvalue weighted by molar-refractivity contribution is -0.138. The van der Waals surface area contributed by atoms with Crippen LogP contribution in [-0.4, -0.2) is 46.6 Å². The Balaban J connectivity index is 1.31. The molecule has 2 fully saturated rings. The molecule has 3 heterocycles. The lowest BCUT2D eigenvalue weighted by Gasteiger charge is -2.33. The van der Waals surface area contributed by atoms with E-state index in [0.717, 1.165) is 43.5 Å². The second-order valence-electron chi connectivity index (χ2n) is 8.36. The Kier molecular flexibility index (Phi) is 6.06. The summed E-state index contributed by atoms with van der Waals surface area (Å²) >= 11 is 0. The number of para-hydroxylation sites is 1. The third-order valence-corrected chi connectivity index (χ3v) is 6.14. The van der Waals surface area contributed by atoms with Crippen LogP contribution in [0.5, 0.6) is 5.75 Å². The predicted octanol–water partition coefficient (Wildman–Crippen LogP) is 4.00. The molecular formula is C25H26N4O4. The van der Waals surface area contributed by atoms with Crippen LogP contribution in [-0.2, 0) is 9.59 Å². The van der Waals surface area contributed by atoms with E-state index in [1.54, 1.807) is 9.80 Å². The summed E-state index contributed by atoms with van der Waals surface area (Å²) in [5.41, 5.74) is 1.62. The summed E-state index contributed by atoms with van der Waals surface area (Å²) in [7, 11) is 0. The molecule has 1 aromatic heterocycles. The fourth-order valence-corrected chi connectivity index (χ4v) is 4.45. The Hall–Kier alpha value is -3.68. The minimum absolute atomic E-state index is 0.0343. The highest BCUT2D eigenvalue weighted by molar-refractivity contribution is 5.95. The van der Waals surface area contributed by atoms with Gasteiger partial charge in [0.2, 0.25) is 17.6 Å². The van der Waals surface area contributed by atoms with Gasteiger partial charge >= 0.3 is 0 Å². The minimum atomic E-state index is -0.268. The van der Waals surface area contributed by atoms with Crippen molar-refractivity contribution in [2.75, 3.05) is 24.6 Å². The summed E-state index contributed by atoms with van der Waals surface area (Å²) < 4.78 is 11.3. The van der Waals surface area contributed by atoms with Crippen LogP contribution < -0.4 is 9.64 Å². The van der Waals surface area contributed by atoms with Crippen LogP contribution in [0.1, 0.15) is 44.0 Å². The quantitative estimate of drug-likeness (QED) is 0.569. The van der Waals surface area contributed by atoms with Gasteiger partial charge < -0.3 is 19.1 Å². The van der Waals surface area contributed by atoms with Crippen molar-refractivity contribution in [2.24, 2.45) is 0 Å². The maximum atomic E-state index is 12.9. The molecule has 0 aliphatic carbocycles. The van der Waals surface area contributed by atoms with Gasteiger partial charge in [0, 0.05) is 30.8 Å². The summed E-state index contributed by atoms with van der Waals surface area (Å²) in [5, 5.41) is 4.18. The van der Waals surface area contributed by atoms with Gasteiger partial charge in [0.25, 0.3) is 5.91 Å². The van der Waals surface area contributed by atoms with Crippen LogP contribution in [0.15, 0.2) is 59.1 Å². The van der Waals surface area contributed by atoms with Gasteiger partial charge in [-0.2, -0.15) is 4.98 Å². The average Bonchev–Trinajstić information content (AvgIpc) is 3.53. The number of piperidine rings is 1. The summed E-state index contributed by atoms with van der Waals surface area (Å²) in [6.07, 6.45) is 4.13. The molecule has 33 heavy (non-hydrogen) atoms. The van der Waals surface area contributed by atoms with Crippen molar-refractivity contribution in [2.45, 2.75) is 38.1 Å². The van der Waals surface area contributed by atoms with Gasteiger partial charge in [0.05, 0.1) is 0 Å². The lowest BCUT2D eigenvalue weighted by Crippen LogP contribution is -2.41. The topological polar surface area (TPSA) is 88.8 Å². The van der Waals surface area contributed by atoms with Crippen LogP contribution >= 0.6 is 0 Å². The number of anilines is 1. The molecule has 8 nitrogen and oxygen atoms in total. The van der Waals surface area contributed by atoms with Crippen molar-refractivity contribution < 1.29 is 18.8 Å². The molecule has 3 aromatic rings. The molecule has 2 saturated heterocycles. The molecule has 2 aromatic carbocycles. The van der Waals surface area contributed by atoms with Gasteiger partial charge in [0.15, 0.2) is 6.61 Å². The van der Waals surface area contributed by atoms with E-state index in [0.29, 0.717) is 30.4 Å². The number of likely N-dealkylation sites (tertiary alicyclic amines) is 1. The summed E-state index contributed by atoms with van der Waals surface area (Å²) in [5.74, 6) is 1.58. The number of nitrogens with zero attached hydrogens (tertiary/aromatic N) is 4. The van der Waals surface area contributed by atoms with Gasteiger partial charge in [-0.1, -0.05) is 35.5 Å². The number of ether oxygens (including phenoxy) is 1. The zero-order valence-electron chi connectivity index (χ0n) is 18.4. The highest BCUT2D eigenvalue weighted by Gasteiger charge is 2.32. The zero-order valence-corrected chi connectivity index (χ0v) is 18.4. The largest absolute Gasteiger partial charge is 0.484 e. The number of hydrogen-bond acceptors (Lipinski definition) is 6. The van der Waals surface area contributed by atoms with Crippen molar-refractivity contribution in [3.05, 3.63) is 60.5 Å². The van der Waals surface area contributed by atoms with Crippen LogP contribution in [0.4, 0.5) is 5.69 Å². The van der Waals surface area contributed by atoms with E-state index in [1.165, 1.54) is 0 Å². The number of rotatable bonds is 6. The number of hydrogen-bond donors (Lipinski definition) is 0. The highest BCUT2D eigenvalue weighted by Crippen LogP contribution is 2.32. The fraction of sp³-hybridized carbons (Fsp3) is 0.360. The molecule has 0 N–H and O–H groups in total. The Bertz CT molecular complexity index is 1130. The maximum Gasteiger partial charge on any atom is 0.261 e. The standard InChI is InChI=1S/C25H26N4O4/c30-22-13-7-15-28(22)19-9-6-8-18(16-19)24-26-25(33-27-24)21-12-4-5-14-29(21)23(31)17-32-20-10-2-1-3-11-20/h1-3,6,8-11,16,21H,4-5,7,12-15,17H2. The molecule has 8 heteroatoms. The van der Waals surface area contributed by atoms with Crippen LogP contribution in [0.2, 0.25) is 0 Å². The minimum Gasteiger partial charge on any atom is -0.484 e. The smallest absolute Gasteiger partial charge is 0.261 e. The molecule has 0 radical (unpaired) electrons. The van der Waals surface area contributed by atoms with Crippen LogP contribution in [0, 0.1) is 0 Å². The van der Waals surface area contributed by atoms with Crippen molar-refractivity contribution in [1.82, 2.24) is 15.0 Å². The third kappa shape index (κ3) is 4.60. The molecule has 0 bridgehead atoms. The second kappa shape index (κ2) is 9.44. The molecule has 170 valence electrons. The Morgan fingerprint density at radius 3 is 2.76 bits per heavy atom. The van der Waals surface area contributed by atoms with Crippen molar-refractivity contribution >= 4 is 17.5 Å². The first-order chi connectivity index (χ1) is 16.2. The monoisotopic (exact) mass is 446 g/mol. The van der Waals surface area contributed by atoms with Gasteiger partial charge in [0.1, 0.15) is 11.8 Å². The Morgan fingerprint density at radius 2 is 1.94 bits per heavy atom. The maximum absolute atomic E-state index is 12.9. The summed E-state index contributed by atoms with van der Waals surface area (Å²) in [6.45, 7) is 1.32. The number of amides is 2. The molecule has 5 rings (SSSR count). The van der Waals surface area contributed by atoms with Crippen molar-refractivity contribution in [1.29, 1.82) is 0 Å². The van der Waals surface area contributed by atoms with Crippen LogP contribution in [0.3, 0.4) is 0 Å². The molecule has 0 spiro atoms. The van der Waals surface area contributed by atoms with E-state index in [4.69, 9.17) is 9.26 Å². The van der Waals surface area contributed by atoms with E-state index >= 15 is 0 Å². The fourth-order valence-electron chi connectivity index (χ4n) is 4.45. The van der Waals surface area contributed by atoms with E-state index in [9.17, 15) is 9.59 Å². The van der Waals surface area contributed by atoms with Gasteiger partial charge in [-0.15, -0.1) is 0 Å². The molecule has 2 aliphatic heterocycles. The molecule has 2 aliphatic rings. The number of carbonyl (C=O) groups is 2. The number of benzene rings is 2. The second-order valence-corrected chi connectivity index (χ2v) is 8.36. The molecule has 1 unspecified atom stereocenters. The van der Waals surface area contributed by atoms with E-state index in [-0.39, 0.29) is 24.5 Å². The Morgan fingerprint density at radius 1 is 1.06 bits per heavy atom. The third-order valence-electron chi connectivity index (χ3n) is 6.14. The predicted molar refractivity (Wildman–Crippen MR) is 122 cm³/mol. The summed E-state index contributed by atoms with van der Waals surface area (Å²) in [4.78, 5) is 33.2. The number of carbonyl (C=O) groups excluding carboxylic acids is 2. The normalized spacial score (nSPS) is 18.5. The van der Waals surface area contributed by atoms with Gasteiger partial charge in [-0.05, 0) is 49.9 Å². The van der Waals surface area contributed by atoms with Gasteiger partial charge in [-0.3, -0.25) is 9.59 Å². The van der Waals surface area contributed by atoms with E-state index in [1.807, 2.05) is 54.6 Å². The highest BCUT2D eigenvalue weighted by atomic mass is 16.5. The van der Waals surface area contributed by atoms with E-state index in [2.05, 4.69) is 10.1 Å². The molecule has 1 atom stereocenters. The summed E-state index contributed by atoms with van der Waals surface area (Å²) in [6, 6.07) is 16.7. The Labute approximate surface area is 192 Å². The average molecular weight is 447 g/mol. The SMILES string of the molecule is O=C1CCCN1c1cccc(-c2noc(C3CCCCN3C(=O)COc3ccccc3)n2)c1. The first kappa shape index (κ1) is 21.2. The molecular weight excluding hydrogens is 420 g/mol. The molecule has 2 amide bonds. The van der Waals surface area contributed by atoms with Crippen molar-refractivity contribution in [3.8, 4) is 17.1 Å². The zero-order chi connectivity index (χ0) is 22.6. The molecule has 0 saturated carbocycles. The lowest BCUT2D eigenvalue weighted by atomic mass is 10.0. The number of aromatic nitrogens is 2. The van der Waals surface area contributed by atoms with E-state index < -0.39 is 0 Å². The van der Waals surface area contributed by atoms with Crippen molar-refractivity contribution in [3.63, 3.8) is 0 Å².